The van der Waals surface area contributed by atoms with Crippen LogP contribution in [0.2, 0.25) is 0 Å². The van der Waals surface area contributed by atoms with Gasteiger partial charge >= 0.3 is 6.18 Å². The first kappa shape index (κ1) is 21.2. The Labute approximate surface area is 161 Å². The van der Waals surface area contributed by atoms with Gasteiger partial charge in [-0.2, -0.15) is 18.3 Å². The van der Waals surface area contributed by atoms with Crippen molar-refractivity contribution >= 4 is 18.3 Å². The summed E-state index contributed by atoms with van der Waals surface area (Å²) in [6.45, 7) is 6.51. The largest absolute Gasteiger partial charge is 0.417 e. The average molecular weight is 404 g/mol. The average Bonchev–Trinajstić information content (AvgIpc) is 3.06. The van der Waals surface area contributed by atoms with E-state index >= 15 is 0 Å². The molecule has 0 radical (unpaired) electrons. The number of nitrogens with one attached hydrogen (secondary N) is 1. The van der Waals surface area contributed by atoms with Gasteiger partial charge < -0.3 is 10.2 Å². The van der Waals surface area contributed by atoms with E-state index in [1.54, 1.807) is 4.90 Å². The van der Waals surface area contributed by atoms with Gasteiger partial charge in [-0.05, 0) is 18.1 Å². The fourth-order valence-electron chi connectivity index (χ4n) is 2.98. The summed E-state index contributed by atoms with van der Waals surface area (Å²) in [5, 5.41) is 7.42. The minimum Gasteiger partial charge on any atom is -0.336 e. The summed E-state index contributed by atoms with van der Waals surface area (Å²) in [7, 11) is 0. The standard InChI is InChI=1S/C17H20F3N5O.ClH/c1-11(2)15-13(16(26)24-7-5-21-6-8-24)10-23-25(15)14-4-3-12(9-22-14)17(18,19)20;/h3-4,9-11,21H,5-8H2,1-2H3;1H. The smallest absolute Gasteiger partial charge is 0.336 e. The van der Waals surface area contributed by atoms with Crippen molar-refractivity contribution in [2.45, 2.75) is 25.9 Å². The number of aromatic nitrogens is 3. The molecule has 2 aromatic rings. The Morgan fingerprint density at radius 3 is 2.37 bits per heavy atom. The van der Waals surface area contributed by atoms with Gasteiger partial charge in [0.25, 0.3) is 5.91 Å². The normalized spacial score (nSPS) is 15.0. The zero-order chi connectivity index (χ0) is 18.9. The van der Waals surface area contributed by atoms with E-state index < -0.39 is 11.7 Å². The number of piperazine rings is 1. The fraction of sp³-hybridized carbons (Fsp3) is 0.471. The van der Waals surface area contributed by atoms with Crippen LogP contribution < -0.4 is 5.32 Å². The van der Waals surface area contributed by atoms with Crippen molar-refractivity contribution in [1.82, 2.24) is 25.0 Å². The third-order valence-corrected chi connectivity index (χ3v) is 4.28. The minimum atomic E-state index is -4.44. The predicted molar refractivity (Wildman–Crippen MR) is 96.5 cm³/mol. The van der Waals surface area contributed by atoms with Crippen LogP contribution in [0.1, 0.15) is 41.4 Å². The molecule has 0 aliphatic carbocycles. The Kier molecular flexibility index (Phi) is 6.48. The van der Waals surface area contributed by atoms with Gasteiger partial charge in [-0.25, -0.2) is 9.67 Å². The van der Waals surface area contributed by atoms with E-state index in [4.69, 9.17) is 0 Å². The highest BCUT2D eigenvalue weighted by Gasteiger charge is 2.31. The molecule has 3 rings (SSSR count). The number of nitrogens with zero attached hydrogens (tertiary/aromatic N) is 4. The van der Waals surface area contributed by atoms with Crippen molar-refractivity contribution < 1.29 is 18.0 Å². The van der Waals surface area contributed by atoms with Gasteiger partial charge in [0, 0.05) is 32.4 Å². The molecule has 10 heteroatoms. The Morgan fingerprint density at radius 2 is 1.85 bits per heavy atom. The first-order valence-corrected chi connectivity index (χ1v) is 8.40. The molecule has 0 unspecified atom stereocenters. The van der Waals surface area contributed by atoms with Gasteiger partial charge in [-0.1, -0.05) is 13.8 Å². The fourth-order valence-corrected chi connectivity index (χ4v) is 2.98. The van der Waals surface area contributed by atoms with E-state index in [2.05, 4.69) is 15.4 Å². The Morgan fingerprint density at radius 1 is 1.19 bits per heavy atom. The summed E-state index contributed by atoms with van der Waals surface area (Å²) in [5.41, 5.74) is 0.279. The third kappa shape index (κ3) is 4.41. The molecule has 1 saturated heterocycles. The molecule has 0 atom stereocenters. The predicted octanol–water partition coefficient (Wildman–Crippen LogP) is 2.88. The maximum absolute atomic E-state index is 12.8. The zero-order valence-corrected chi connectivity index (χ0v) is 15.8. The van der Waals surface area contributed by atoms with Crippen molar-refractivity contribution in [2.24, 2.45) is 0 Å². The van der Waals surface area contributed by atoms with Gasteiger partial charge in [-0.3, -0.25) is 4.79 Å². The number of pyridine rings is 1. The molecular formula is C17H21ClF3N5O. The molecule has 6 nitrogen and oxygen atoms in total. The number of hydrogen-bond donors (Lipinski definition) is 1. The Bertz CT molecular complexity index is 783. The van der Waals surface area contributed by atoms with Crippen LogP contribution in [-0.4, -0.2) is 51.8 Å². The number of hydrogen-bond acceptors (Lipinski definition) is 4. The summed E-state index contributed by atoms with van der Waals surface area (Å²) in [6.07, 6.45) is -2.20. The van der Waals surface area contributed by atoms with Gasteiger partial charge in [0.1, 0.15) is 0 Å². The van der Waals surface area contributed by atoms with Crippen molar-refractivity contribution in [1.29, 1.82) is 0 Å². The van der Waals surface area contributed by atoms with Crippen molar-refractivity contribution in [3.8, 4) is 5.82 Å². The molecule has 2 aromatic heterocycles. The van der Waals surface area contributed by atoms with Crippen molar-refractivity contribution in [3.05, 3.63) is 41.3 Å². The Hall–Kier alpha value is -2.13. The highest BCUT2D eigenvalue weighted by atomic mass is 35.5. The number of amides is 1. The molecule has 1 N–H and O–H groups in total. The summed E-state index contributed by atoms with van der Waals surface area (Å²) >= 11 is 0. The minimum absolute atomic E-state index is 0. The van der Waals surface area contributed by atoms with Gasteiger partial charge in [0.05, 0.1) is 23.0 Å². The molecule has 1 fully saturated rings. The molecule has 1 amide bonds. The third-order valence-electron chi connectivity index (χ3n) is 4.28. The molecule has 148 valence electrons. The number of alkyl halides is 3. The van der Waals surface area contributed by atoms with Crippen LogP contribution in [0.15, 0.2) is 24.5 Å². The van der Waals surface area contributed by atoms with Gasteiger partial charge in [0.15, 0.2) is 5.82 Å². The summed E-state index contributed by atoms with van der Waals surface area (Å²) in [6, 6.07) is 2.23. The first-order valence-electron chi connectivity index (χ1n) is 8.40. The van der Waals surface area contributed by atoms with Crippen molar-refractivity contribution in [2.75, 3.05) is 26.2 Å². The number of rotatable bonds is 3. The molecule has 0 saturated carbocycles. The second kappa shape index (κ2) is 8.26. The lowest BCUT2D eigenvalue weighted by Gasteiger charge is -2.27. The summed E-state index contributed by atoms with van der Waals surface area (Å²) in [5.74, 6) is 0.0814. The molecule has 0 aromatic carbocycles. The second-order valence-corrected chi connectivity index (χ2v) is 6.46. The highest BCUT2D eigenvalue weighted by Crippen LogP contribution is 2.29. The van der Waals surface area contributed by atoms with E-state index in [1.165, 1.54) is 16.9 Å². The van der Waals surface area contributed by atoms with E-state index in [0.717, 1.165) is 25.4 Å². The first-order chi connectivity index (χ1) is 12.3. The van der Waals surface area contributed by atoms with E-state index in [0.29, 0.717) is 24.3 Å². The van der Waals surface area contributed by atoms with Crippen LogP contribution in [0.4, 0.5) is 13.2 Å². The van der Waals surface area contributed by atoms with Crippen LogP contribution in [0.3, 0.4) is 0 Å². The highest BCUT2D eigenvalue weighted by molar-refractivity contribution is 5.95. The number of halogens is 4. The molecule has 0 bridgehead atoms. The van der Waals surface area contributed by atoms with Crippen LogP contribution in [-0.2, 0) is 6.18 Å². The summed E-state index contributed by atoms with van der Waals surface area (Å²) < 4.78 is 39.6. The molecule has 1 aliphatic rings. The summed E-state index contributed by atoms with van der Waals surface area (Å²) in [4.78, 5) is 18.5. The van der Waals surface area contributed by atoms with Crippen LogP contribution in [0.5, 0.6) is 0 Å². The topological polar surface area (TPSA) is 63.1 Å². The molecule has 27 heavy (non-hydrogen) atoms. The van der Waals surface area contributed by atoms with Crippen molar-refractivity contribution in [3.63, 3.8) is 0 Å². The quantitative estimate of drug-likeness (QED) is 0.856. The SMILES string of the molecule is CC(C)c1c(C(=O)N2CCNCC2)cnn1-c1ccc(C(F)(F)F)cn1.Cl. The Balaban J connectivity index is 0.00000261. The second-order valence-electron chi connectivity index (χ2n) is 6.46. The molecule has 3 heterocycles. The van der Waals surface area contributed by atoms with Crippen LogP contribution in [0.25, 0.3) is 5.82 Å². The van der Waals surface area contributed by atoms with E-state index in [9.17, 15) is 18.0 Å². The lowest BCUT2D eigenvalue weighted by Crippen LogP contribution is -2.46. The number of carbonyl (C=O) groups is 1. The van der Waals surface area contributed by atoms with Crippen LogP contribution >= 0.6 is 12.4 Å². The maximum Gasteiger partial charge on any atom is 0.417 e. The number of carbonyl (C=O) groups excluding carboxylic acids is 1. The van der Waals surface area contributed by atoms with E-state index in [-0.39, 0.29) is 30.0 Å². The monoisotopic (exact) mass is 403 g/mol. The lowest BCUT2D eigenvalue weighted by molar-refractivity contribution is -0.137. The molecule has 0 spiro atoms. The van der Waals surface area contributed by atoms with Gasteiger partial charge in [0.2, 0.25) is 0 Å². The van der Waals surface area contributed by atoms with Gasteiger partial charge in [-0.15, -0.1) is 12.4 Å². The molecule has 1 aliphatic heterocycles. The zero-order valence-electron chi connectivity index (χ0n) is 15.0. The van der Waals surface area contributed by atoms with E-state index in [1.807, 2.05) is 13.8 Å². The lowest BCUT2D eigenvalue weighted by atomic mass is 10.0. The van der Waals surface area contributed by atoms with Crippen LogP contribution in [0, 0.1) is 0 Å². The molecular weight excluding hydrogens is 383 g/mol. The maximum atomic E-state index is 12.8.